The van der Waals surface area contributed by atoms with Gasteiger partial charge in [0.15, 0.2) is 0 Å². The zero-order valence-corrected chi connectivity index (χ0v) is 11.2. The van der Waals surface area contributed by atoms with Crippen LogP contribution >= 0.6 is 27.3 Å². The van der Waals surface area contributed by atoms with Gasteiger partial charge in [-0.15, -0.1) is 11.3 Å². The van der Waals surface area contributed by atoms with Crippen molar-refractivity contribution in [3.63, 3.8) is 0 Å². The van der Waals surface area contributed by atoms with Crippen LogP contribution in [0.25, 0.3) is 0 Å². The Morgan fingerprint density at radius 1 is 1.38 bits per heavy atom. The van der Waals surface area contributed by atoms with Crippen LogP contribution in [0.1, 0.15) is 10.6 Å². The molecular weight excluding hydrogens is 288 g/mol. The highest BCUT2D eigenvalue weighted by molar-refractivity contribution is 9.10. The van der Waals surface area contributed by atoms with E-state index in [1.165, 1.54) is 4.88 Å². The van der Waals surface area contributed by atoms with E-state index in [-0.39, 0.29) is 0 Å². The van der Waals surface area contributed by atoms with Gasteiger partial charge in [-0.1, -0.05) is 0 Å². The lowest BCUT2D eigenvalue weighted by molar-refractivity contribution is 0.321. The van der Waals surface area contributed by atoms with E-state index in [1.54, 1.807) is 17.5 Å². The second kappa shape index (κ2) is 5.41. The molecule has 16 heavy (non-hydrogen) atoms. The van der Waals surface area contributed by atoms with Crippen LogP contribution in [0.15, 0.2) is 28.4 Å². The minimum absolute atomic E-state index is 0.659. The van der Waals surface area contributed by atoms with E-state index in [0.717, 1.165) is 22.5 Å². The van der Waals surface area contributed by atoms with Crippen LogP contribution < -0.4 is 4.74 Å². The lowest BCUT2D eigenvalue weighted by Gasteiger charge is -2.04. The van der Waals surface area contributed by atoms with Gasteiger partial charge in [-0.05, 0) is 35.0 Å². The third kappa shape index (κ3) is 3.02. The smallest absolute Gasteiger partial charge is 0.137 e. The number of rotatable bonds is 4. The highest BCUT2D eigenvalue weighted by Gasteiger charge is 2.01. The Hall–Kier alpha value is -0.940. The molecular formula is C11H11BrN2OS. The molecule has 0 unspecified atom stereocenters. The molecule has 0 bridgehead atoms. The van der Waals surface area contributed by atoms with Gasteiger partial charge in [0, 0.05) is 11.3 Å². The zero-order valence-electron chi connectivity index (χ0n) is 8.81. The molecule has 0 aromatic carbocycles. The quantitative estimate of drug-likeness (QED) is 0.813. The van der Waals surface area contributed by atoms with Crippen molar-refractivity contribution in [3.05, 3.63) is 39.0 Å². The standard InChI is InChI=1S/C11H11BrN2OS/c1-8-10(16-7-14-8)4-5-15-9-2-3-11(12)13-6-9/h2-3,6-7H,4-5H2,1H3. The van der Waals surface area contributed by atoms with Crippen molar-refractivity contribution in [1.29, 1.82) is 0 Å². The molecule has 2 aromatic heterocycles. The molecule has 5 heteroatoms. The molecule has 2 rings (SSSR count). The summed E-state index contributed by atoms with van der Waals surface area (Å²) in [6, 6.07) is 3.77. The maximum atomic E-state index is 5.58. The number of thiazole rings is 1. The number of hydrogen-bond donors (Lipinski definition) is 0. The van der Waals surface area contributed by atoms with Crippen LogP contribution in [0.4, 0.5) is 0 Å². The maximum Gasteiger partial charge on any atom is 0.137 e. The molecule has 0 amide bonds. The topological polar surface area (TPSA) is 35.0 Å². The summed E-state index contributed by atoms with van der Waals surface area (Å²) in [5.41, 5.74) is 2.97. The first kappa shape index (κ1) is 11.5. The van der Waals surface area contributed by atoms with Gasteiger partial charge in [-0.2, -0.15) is 0 Å². The third-order valence-corrected chi connectivity index (χ3v) is 3.61. The van der Waals surface area contributed by atoms with Gasteiger partial charge in [-0.25, -0.2) is 9.97 Å². The summed E-state index contributed by atoms with van der Waals surface area (Å²) in [6.07, 6.45) is 2.61. The normalized spacial score (nSPS) is 10.4. The van der Waals surface area contributed by atoms with Gasteiger partial charge in [-0.3, -0.25) is 0 Å². The number of aromatic nitrogens is 2. The average molecular weight is 299 g/mol. The summed E-state index contributed by atoms with van der Waals surface area (Å²) in [5, 5.41) is 0. The molecule has 0 spiro atoms. The van der Waals surface area contributed by atoms with Gasteiger partial charge in [0.1, 0.15) is 10.4 Å². The van der Waals surface area contributed by atoms with Gasteiger partial charge in [0.05, 0.1) is 24.0 Å². The second-order valence-corrected chi connectivity index (χ2v) is 5.03. The molecule has 0 saturated carbocycles. The van der Waals surface area contributed by atoms with E-state index in [0.29, 0.717) is 6.61 Å². The van der Waals surface area contributed by atoms with Crippen molar-refractivity contribution in [2.75, 3.05) is 6.61 Å². The monoisotopic (exact) mass is 298 g/mol. The lowest BCUT2D eigenvalue weighted by atomic mass is 10.3. The molecule has 0 atom stereocenters. The fourth-order valence-electron chi connectivity index (χ4n) is 1.28. The Morgan fingerprint density at radius 3 is 2.88 bits per heavy atom. The number of aryl methyl sites for hydroxylation is 1. The van der Waals surface area contributed by atoms with Gasteiger partial charge in [0.25, 0.3) is 0 Å². The average Bonchev–Trinajstić information content (AvgIpc) is 2.68. The van der Waals surface area contributed by atoms with Crippen molar-refractivity contribution in [3.8, 4) is 5.75 Å². The van der Waals surface area contributed by atoms with Crippen LogP contribution in [-0.2, 0) is 6.42 Å². The van der Waals surface area contributed by atoms with Crippen LogP contribution in [0, 0.1) is 6.92 Å². The first-order chi connectivity index (χ1) is 7.75. The first-order valence-electron chi connectivity index (χ1n) is 4.89. The zero-order chi connectivity index (χ0) is 11.4. The van der Waals surface area contributed by atoms with Crippen LogP contribution in [0.2, 0.25) is 0 Å². The van der Waals surface area contributed by atoms with Crippen molar-refractivity contribution in [2.24, 2.45) is 0 Å². The number of ether oxygens (including phenoxy) is 1. The molecule has 0 fully saturated rings. The first-order valence-corrected chi connectivity index (χ1v) is 6.56. The molecule has 0 saturated heterocycles. The molecule has 0 radical (unpaired) electrons. The van der Waals surface area contributed by atoms with E-state index >= 15 is 0 Å². The second-order valence-electron chi connectivity index (χ2n) is 3.28. The Morgan fingerprint density at radius 2 is 2.25 bits per heavy atom. The van der Waals surface area contributed by atoms with E-state index in [9.17, 15) is 0 Å². The molecule has 0 aliphatic heterocycles. The summed E-state index contributed by atoms with van der Waals surface area (Å²) in [5.74, 6) is 0.797. The predicted molar refractivity (Wildman–Crippen MR) is 68.0 cm³/mol. The minimum Gasteiger partial charge on any atom is -0.492 e. The predicted octanol–water partition coefficient (Wildman–Crippen LogP) is 3.23. The summed E-state index contributed by atoms with van der Waals surface area (Å²) in [7, 11) is 0. The molecule has 2 aromatic rings. The Kier molecular flexibility index (Phi) is 3.90. The minimum atomic E-state index is 0.659. The molecule has 0 aliphatic carbocycles. The SMILES string of the molecule is Cc1ncsc1CCOc1ccc(Br)nc1. The number of hydrogen-bond acceptors (Lipinski definition) is 4. The van der Waals surface area contributed by atoms with Crippen molar-refractivity contribution in [1.82, 2.24) is 9.97 Å². The third-order valence-electron chi connectivity index (χ3n) is 2.14. The van der Waals surface area contributed by atoms with E-state index < -0.39 is 0 Å². The fraction of sp³-hybridized carbons (Fsp3) is 0.273. The Balaban J connectivity index is 1.84. The van der Waals surface area contributed by atoms with E-state index in [1.807, 2.05) is 24.6 Å². The van der Waals surface area contributed by atoms with Crippen LogP contribution in [0.5, 0.6) is 5.75 Å². The van der Waals surface area contributed by atoms with Crippen molar-refractivity contribution < 1.29 is 4.74 Å². The van der Waals surface area contributed by atoms with Gasteiger partial charge in [0.2, 0.25) is 0 Å². The fourth-order valence-corrected chi connectivity index (χ4v) is 2.27. The number of pyridine rings is 1. The van der Waals surface area contributed by atoms with Crippen molar-refractivity contribution >= 4 is 27.3 Å². The Labute approximate surface area is 107 Å². The molecule has 0 N–H and O–H groups in total. The van der Waals surface area contributed by atoms with Gasteiger partial charge >= 0.3 is 0 Å². The summed E-state index contributed by atoms with van der Waals surface area (Å²) < 4.78 is 6.40. The highest BCUT2D eigenvalue weighted by atomic mass is 79.9. The summed E-state index contributed by atoms with van der Waals surface area (Å²) in [4.78, 5) is 9.58. The molecule has 84 valence electrons. The molecule has 3 nitrogen and oxygen atoms in total. The highest BCUT2D eigenvalue weighted by Crippen LogP contribution is 2.15. The maximum absolute atomic E-state index is 5.58. The van der Waals surface area contributed by atoms with E-state index in [2.05, 4.69) is 25.9 Å². The van der Waals surface area contributed by atoms with Crippen molar-refractivity contribution in [2.45, 2.75) is 13.3 Å². The summed E-state index contributed by atoms with van der Waals surface area (Å²) in [6.45, 7) is 2.68. The van der Waals surface area contributed by atoms with Crippen LogP contribution in [-0.4, -0.2) is 16.6 Å². The summed E-state index contributed by atoms with van der Waals surface area (Å²) >= 11 is 4.95. The largest absolute Gasteiger partial charge is 0.492 e. The molecule has 2 heterocycles. The van der Waals surface area contributed by atoms with Crippen LogP contribution in [0.3, 0.4) is 0 Å². The molecule has 0 aliphatic rings. The Bertz CT molecular complexity index is 455. The number of halogens is 1. The number of nitrogens with zero attached hydrogens (tertiary/aromatic N) is 2. The lowest BCUT2D eigenvalue weighted by Crippen LogP contribution is -2.01. The van der Waals surface area contributed by atoms with E-state index in [4.69, 9.17) is 4.74 Å². The van der Waals surface area contributed by atoms with Gasteiger partial charge < -0.3 is 4.74 Å².